The maximum Gasteiger partial charge on any atom is 0.405 e. The van der Waals surface area contributed by atoms with Gasteiger partial charge in [-0.3, -0.25) is 19.3 Å². The van der Waals surface area contributed by atoms with Crippen LogP contribution in [0.4, 0.5) is 13.2 Å². The van der Waals surface area contributed by atoms with Crippen molar-refractivity contribution in [3.63, 3.8) is 0 Å². The third-order valence-electron chi connectivity index (χ3n) is 5.43. The zero-order valence-corrected chi connectivity index (χ0v) is 17.3. The lowest BCUT2D eigenvalue weighted by atomic mass is 9.96. The summed E-state index contributed by atoms with van der Waals surface area (Å²) in [4.78, 5) is 42.9. The summed E-state index contributed by atoms with van der Waals surface area (Å²) in [7, 11) is 0. The van der Waals surface area contributed by atoms with Gasteiger partial charge in [-0.2, -0.15) is 13.2 Å². The highest BCUT2D eigenvalue weighted by Gasteiger charge is 2.32. The Hall–Kier alpha value is -2.14. The molecule has 30 heavy (non-hydrogen) atoms. The van der Waals surface area contributed by atoms with Crippen molar-refractivity contribution in [1.82, 2.24) is 20.0 Å². The lowest BCUT2D eigenvalue weighted by molar-refractivity contribution is -0.142. The van der Waals surface area contributed by atoms with Crippen LogP contribution in [0, 0.1) is 5.92 Å². The number of amides is 3. The molecule has 0 spiro atoms. The number of piperazine rings is 1. The first kappa shape index (κ1) is 22.5. The Morgan fingerprint density at radius 2 is 1.67 bits per heavy atom. The van der Waals surface area contributed by atoms with Crippen molar-refractivity contribution in [3.05, 3.63) is 22.4 Å². The van der Waals surface area contributed by atoms with E-state index in [9.17, 15) is 27.6 Å². The fraction of sp³-hybridized carbons (Fsp3) is 0.632. The van der Waals surface area contributed by atoms with Gasteiger partial charge in [0.15, 0.2) is 0 Å². The van der Waals surface area contributed by atoms with E-state index in [1.165, 1.54) is 11.3 Å². The monoisotopic (exact) mass is 446 g/mol. The number of nitrogens with zero attached hydrogens (tertiary/aromatic N) is 3. The van der Waals surface area contributed by atoms with Gasteiger partial charge in [-0.05, 0) is 37.4 Å². The number of halogens is 3. The first-order valence-corrected chi connectivity index (χ1v) is 10.8. The van der Waals surface area contributed by atoms with E-state index in [1.807, 2.05) is 21.7 Å². The molecule has 2 aliphatic rings. The van der Waals surface area contributed by atoms with Gasteiger partial charge >= 0.3 is 6.18 Å². The smallest absolute Gasteiger partial charge is 0.347 e. The Bertz CT molecular complexity index is 741. The van der Waals surface area contributed by atoms with Crippen molar-refractivity contribution in [3.8, 4) is 0 Å². The molecule has 7 nitrogen and oxygen atoms in total. The number of hydrogen-bond donors (Lipinski definition) is 1. The Morgan fingerprint density at radius 3 is 2.23 bits per heavy atom. The quantitative estimate of drug-likeness (QED) is 0.743. The SMILES string of the molecule is O=C(NCC(F)(F)F)C1CCN(CC(=O)N2CCN(C(=O)c3cccs3)CC2)CC1. The molecule has 1 N–H and O–H groups in total. The van der Waals surface area contributed by atoms with Crippen molar-refractivity contribution in [2.45, 2.75) is 19.0 Å². The number of rotatable bonds is 5. The number of thiophene rings is 1. The van der Waals surface area contributed by atoms with Crippen LogP contribution in [0.2, 0.25) is 0 Å². The van der Waals surface area contributed by atoms with Crippen LogP contribution in [0.3, 0.4) is 0 Å². The van der Waals surface area contributed by atoms with Crippen LogP contribution in [0.5, 0.6) is 0 Å². The van der Waals surface area contributed by atoms with Gasteiger partial charge in [0.1, 0.15) is 6.54 Å². The van der Waals surface area contributed by atoms with Crippen LogP contribution in [0.15, 0.2) is 17.5 Å². The highest BCUT2D eigenvalue weighted by molar-refractivity contribution is 7.12. The fourth-order valence-corrected chi connectivity index (χ4v) is 4.38. The van der Waals surface area contributed by atoms with Gasteiger partial charge in [-0.15, -0.1) is 11.3 Å². The number of carbonyl (C=O) groups is 3. The van der Waals surface area contributed by atoms with Gasteiger partial charge in [0.25, 0.3) is 5.91 Å². The molecule has 2 fully saturated rings. The normalized spacial score (nSPS) is 19.0. The number of carbonyl (C=O) groups excluding carboxylic acids is 3. The molecule has 0 atom stereocenters. The summed E-state index contributed by atoms with van der Waals surface area (Å²) in [6.45, 7) is 1.83. The number of nitrogens with one attached hydrogen (secondary N) is 1. The first-order valence-electron chi connectivity index (χ1n) is 9.90. The van der Waals surface area contributed by atoms with Crippen molar-refractivity contribution < 1.29 is 27.6 Å². The third-order valence-corrected chi connectivity index (χ3v) is 6.29. The Balaban J connectivity index is 1.37. The maximum atomic E-state index is 12.6. The highest BCUT2D eigenvalue weighted by Crippen LogP contribution is 2.19. The van der Waals surface area contributed by atoms with E-state index in [1.54, 1.807) is 15.9 Å². The second-order valence-corrected chi connectivity index (χ2v) is 8.48. The molecule has 0 bridgehead atoms. The molecule has 1 aromatic rings. The van der Waals surface area contributed by atoms with Crippen LogP contribution in [0.1, 0.15) is 22.5 Å². The van der Waals surface area contributed by atoms with E-state index < -0.39 is 24.5 Å². The van der Waals surface area contributed by atoms with Crippen LogP contribution in [-0.4, -0.2) is 91.0 Å². The van der Waals surface area contributed by atoms with Gasteiger partial charge < -0.3 is 15.1 Å². The summed E-state index contributed by atoms with van der Waals surface area (Å²) < 4.78 is 36.7. The molecule has 166 valence electrons. The molecule has 0 saturated carbocycles. The Labute approximate surface area is 176 Å². The van der Waals surface area contributed by atoms with Crippen LogP contribution >= 0.6 is 11.3 Å². The zero-order chi connectivity index (χ0) is 21.7. The molecule has 2 aliphatic heterocycles. The average molecular weight is 446 g/mol. The molecule has 3 heterocycles. The maximum absolute atomic E-state index is 12.6. The van der Waals surface area contributed by atoms with Gasteiger partial charge in [0, 0.05) is 32.1 Å². The Morgan fingerprint density at radius 1 is 1.03 bits per heavy atom. The number of alkyl halides is 3. The standard InChI is InChI=1S/C19H25F3N4O3S/c20-19(21,22)13-23-17(28)14-3-5-24(6-4-14)12-16(27)25-7-9-26(10-8-25)18(29)15-2-1-11-30-15/h1-2,11,14H,3-10,12-13H2,(H,23,28). The summed E-state index contributed by atoms with van der Waals surface area (Å²) in [5, 5.41) is 3.79. The molecule has 0 radical (unpaired) electrons. The second kappa shape index (κ2) is 9.78. The first-order chi connectivity index (χ1) is 14.2. The number of piperidine rings is 1. The zero-order valence-electron chi connectivity index (χ0n) is 16.5. The average Bonchev–Trinajstić information content (AvgIpc) is 3.26. The van der Waals surface area contributed by atoms with E-state index >= 15 is 0 Å². The lowest BCUT2D eigenvalue weighted by Gasteiger charge is -2.37. The summed E-state index contributed by atoms with van der Waals surface area (Å²) in [5.41, 5.74) is 0. The Kier molecular flexibility index (Phi) is 7.35. The molecular weight excluding hydrogens is 421 g/mol. The lowest BCUT2D eigenvalue weighted by Crippen LogP contribution is -2.53. The minimum Gasteiger partial charge on any atom is -0.347 e. The van der Waals surface area contributed by atoms with E-state index in [-0.39, 0.29) is 18.4 Å². The van der Waals surface area contributed by atoms with Crippen LogP contribution in [0.25, 0.3) is 0 Å². The number of likely N-dealkylation sites (tertiary alicyclic amines) is 1. The minimum absolute atomic E-state index is 0.0111. The molecule has 1 aromatic heterocycles. The predicted octanol–water partition coefficient (Wildman–Crippen LogP) is 1.42. The van der Waals surface area contributed by atoms with E-state index in [0.717, 1.165) is 0 Å². The molecule has 2 saturated heterocycles. The largest absolute Gasteiger partial charge is 0.405 e. The van der Waals surface area contributed by atoms with Gasteiger partial charge in [-0.1, -0.05) is 6.07 Å². The number of hydrogen-bond acceptors (Lipinski definition) is 5. The summed E-state index contributed by atoms with van der Waals surface area (Å²) in [6.07, 6.45) is -3.55. The summed E-state index contributed by atoms with van der Waals surface area (Å²) in [6, 6.07) is 3.62. The summed E-state index contributed by atoms with van der Waals surface area (Å²) in [5.74, 6) is -1.07. The molecule has 0 aromatic carbocycles. The summed E-state index contributed by atoms with van der Waals surface area (Å²) >= 11 is 1.40. The van der Waals surface area contributed by atoms with Gasteiger partial charge in [0.05, 0.1) is 11.4 Å². The van der Waals surface area contributed by atoms with E-state index in [2.05, 4.69) is 0 Å². The molecule has 0 aliphatic carbocycles. The van der Waals surface area contributed by atoms with Crippen molar-refractivity contribution >= 4 is 29.1 Å². The van der Waals surface area contributed by atoms with Crippen LogP contribution in [-0.2, 0) is 9.59 Å². The third kappa shape index (κ3) is 6.18. The molecular formula is C19H25F3N4O3S. The highest BCUT2D eigenvalue weighted by atomic mass is 32.1. The van der Waals surface area contributed by atoms with Crippen molar-refractivity contribution in [1.29, 1.82) is 0 Å². The molecule has 0 unspecified atom stereocenters. The molecule has 3 rings (SSSR count). The topological polar surface area (TPSA) is 73.0 Å². The van der Waals surface area contributed by atoms with Crippen molar-refractivity contribution in [2.24, 2.45) is 5.92 Å². The molecule has 3 amide bonds. The second-order valence-electron chi connectivity index (χ2n) is 7.53. The van der Waals surface area contributed by atoms with E-state index in [0.29, 0.717) is 57.0 Å². The van der Waals surface area contributed by atoms with Crippen LogP contribution < -0.4 is 5.32 Å². The molecule has 11 heteroatoms. The van der Waals surface area contributed by atoms with Crippen molar-refractivity contribution in [2.75, 3.05) is 52.4 Å². The van der Waals surface area contributed by atoms with Gasteiger partial charge in [0.2, 0.25) is 11.8 Å². The minimum atomic E-state index is -4.42. The van der Waals surface area contributed by atoms with Gasteiger partial charge in [-0.25, -0.2) is 0 Å². The fourth-order valence-electron chi connectivity index (χ4n) is 3.69. The van der Waals surface area contributed by atoms with E-state index in [4.69, 9.17) is 0 Å². The predicted molar refractivity (Wildman–Crippen MR) is 105 cm³/mol.